The van der Waals surface area contributed by atoms with Gasteiger partial charge in [0.2, 0.25) is 27.6 Å². The van der Waals surface area contributed by atoms with Crippen molar-refractivity contribution < 1.29 is 34.8 Å². The predicted octanol–water partition coefficient (Wildman–Crippen LogP) is 2.82. The molecule has 1 saturated heterocycles. The van der Waals surface area contributed by atoms with E-state index < -0.39 is 49.4 Å². The lowest BCUT2D eigenvalue weighted by atomic mass is 9.81. The molecule has 1 aromatic carbocycles. The average Bonchev–Trinajstić information content (AvgIpc) is 3.32. The van der Waals surface area contributed by atoms with Crippen molar-refractivity contribution in [2.75, 3.05) is 13.1 Å². The molecule has 0 bridgehead atoms. The van der Waals surface area contributed by atoms with Gasteiger partial charge in [-0.3, -0.25) is 0 Å². The number of sulfonamides is 1. The summed E-state index contributed by atoms with van der Waals surface area (Å²) in [7, 11) is -5.00. The summed E-state index contributed by atoms with van der Waals surface area (Å²) < 4.78 is 100. The molecule has 0 unspecified atom stereocenters. The van der Waals surface area contributed by atoms with Crippen molar-refractivity contribution in [2.24, 2.45) is 5.92 Å². The fraction of sp³-hybridized carbons (Fsp3) is 0.500. The average molecular weight is 423 g/mol. The summed E-state index contributed by atoms with van der Waals surface area (Å²) >= 11 is 0. The van der Waals surface area contributed by atoms with Crippen LogP contribution in [0.1, 0.15) is 31.0 Å². The first-order valence-corrected chi connectivity index (χ1v) is 9.86. The van der Waals surface area contributed by atoms with Gasteiger partial charge in [-0.25, -0.2) is 30.4 Å². The highest BCUT2D eigenvalue weighted by Gasteiger charge is 2.57. The molecule has 1 saturated carbocycles. The maximum Gasteiger partial charge on any atom is 0.249 e. The lowest BCUT2D eigenvalue weighted by Gasteiger charge is -2.24. The van der Waals surface area contributed by atoms with Crippen LogP contribution >= 0.6 is 0 Å². The SMILES string of the molecule is Cc1nnc([C@]23CCC[C@H]2CN(S(=O)(=O)c2c(F)c(F)c(F)c(F)c2F)C3)o1. The molecule has 1 aliphatic carbocycles. The third-order valence-corrected chi connectivity index (χ3v) is 7.39. The minimum Gasteiger partial charge on any atom is -0.425 e. The molecule has 0 amide bonds. The van der Waals surface area contributed by atoms with Crippen LogP contribution in [0.2, 0.25) is 0 Å². The van der Waals surface area contributed by atoms with Crippen LogP contribution in [0.4, 0.5) is 22.0 Å². The van der Waals surface area contributed by atoms with Crippen LogP contribution in [0, 0.1) is 41.9 Å². The van der Waals surface area contributed by atoms with Gasteiger partial charge in [0.05, 0.1) is 5.41 Å². The second-order valence-corrected chi connectivity index (χ2v) is 8.94. The minimum atomic E-state index is -5.00. The van der Waals surface area contributed by atoms with Crippen molar-refractivity contribution >= 4 is 10.0 Å². The number of halogens is 5. The van der Waals surface area contributed by atoms with E-state index in [2.05, 4.69) is 10.2 Å². The van der Waals surface area contributed by atoms with Gasteiger partial charge in [0.25, 0.3) is 0 Å². The topological polar surface area (TPSA) is 76.3 Å². The van der Waals surface area contributed by atoms with Crippen molar-refractivity contribution in [2.45, 2.75) is 36.5 Å². The van der Waals surface area contributed by atoms with Crippen LogP contribution in [0.5, 0.6) is 0 Å². The Kier molecular flexibility index (Phi) is 4.27. The Labute approximate surface area is 156 Å². The van der Waals surface area contributed by atoms with E-state index in [-0.39, 0.29) is 30.8 Å². The van der Waals surface area contributed by atoms with Crippen LogP contribution in [-0.2, 0) is 15.4 Å². The molecule has 2 atom stereocenters. The summed E-state index contributed by atoms with van der Waals surface area (Å²) in [4.78, 5) is -1.85. The van der Waals surface area contributed by atoms with E-state index in [1.807, 2.05) is 0 Å². The highest BCUT2D eigenvalue weighted by molar-refractivity contribution is 7.89. The zero-order valence-corrected chi connectivity index (χ0v) is 15.3. The van der Waals surface area contributed by atoms with Gasteiger partial charge in [-0.2, -0.15) is 4.31 Å². The van der Waals surface area contributed by atoms with Crippen molar-refractivity contribution in [3.05, 3.63) is 40.9 Å². The highest BCUT2D eigenvalue weighted by atomic mass is 32.2. The maximum atomic E-state index is 14.1. The van der Waals surface area contributed by atoms with Crippen LogP contribution in [0.3, 0.4) is 0 Å². The van der Waals surface area contributed by atoms with Gasteiger partial charge in [0, 0.05) is 20.0 Å². The van der Waals surface area contributed by atoms with Gasteiger partial charge in [0.15, 0.2) is 28.2 Å². The normalized spacial score (nSPS) is 25.4. The summed E-state index contributed by atoms with van der Waals surface area (Å²) in [6, 6.07) is 0. The van der Waals surface area contributed by atoms with Gasteiger partial charge >= 0.3 is 0 Å². The molecule has 1 aliphatic heterocycles. The first-order valence-electron chi connectivity index (χ1n) is 8.42. The Balaban J connectivity index is 1.79. The van der Waals surface area contributed by atoms with Crippen LogP contribution in [0.25, 0.3) is 0 Å². The molecule has 2 aliphatic rings. The van der Waals surface area contributed by atoms with Crippen LogP contribution in [0.15, 0.2) is 9.31 Å². The number of aromatic nitrogens is 2. The number of fused-ring (bicyclic) bond motifs is 1. The van der Waals surface area contributed by atoms with E-state index in [1.54, 1.807) is 6.92 Å². The largest absolute Gasteiger partial charge is 0.425 e. The standard InChI is InChI=1S/C16H14F5N3O3S/c1-7-22-23-15(27-7)16-4-2-3-8(16)5-24(6-16)28(25,26)14-12(20)10(18)9(17)11(19)13(14)21/h8H,2-6H2,1H3/t8-,16-/m0/s1. The number of aryl methyl sites for hydroxylation is 1. The molecule has 6 nitrogen and oxygen atoms in total. The van der Waals surface area contributed by atoms with E-state index in [0.717, 1.165) is 10.7 Å². The first-order chi connectivity index (χ1) is 13.1. The molecule has 2 fully saturated rings. The zero-order chi connectivity index (χ0) is 20.4. The molecule has 2 heterocycles. The van der Waals surface area contributed by atoms with Crippen LogP contribution < -0.4 is 0 Å². The fourth-order valence-corrected chi connectivity index (χ4v) is 5.88. The molecular weight excluding hydrogens is 409 g/mol. The van der Waals surface area contributed by atoms with Gasteiger partial charge in [-0.15, -0.1) is 10.2 Å². The van der Waals surface area contributed by atoms with Gasteiger partial charge < -0.3 is 4.42 Å². The zero-order valence-electron chi connectivity index (χ0n) is 14.5. The van der Waals surface area contributed by atoms with E-state index in [1.165, 1.54) is 0 Å². The van der Waals surface area contributed by atoms with Gasteiger partial charge in [-0.1, -0.05) is 6.42 Å². The molecule has 0 spiro atoms. The molecule has 0 radical (unpaired) electrons. The number of rotatable bonds is 3. The fourth-order valence-electron chi connectivity index (χ4n) is 4.21. The second-order valence-electron chi connectivity index (χ2n) is 7.07. The second kappa shape index (κ2) is 6.21. The summed E-state index contributed by atoms with van der Waals surface area (Å²) in [5, 5.41) is 7.72. The summed E-state index contributed by atoms with van der Waals surface area (Å²) in [5.41, 5.74) is -0.849. The van der Waals surface area contributed by atoms with E-state index >= 15 is 0 Å². The molecule has 2 aromatic rings. The predicted molar refractivity (Wildman–Crippen MR) is 83.0 cm³/mol. The third kappa shape index (κ3) is 2.50. The van der Waals surface area contributed by atoms with Crippen LogP contribution in [-0.4, -0.2) is 36.0 Å². The molecule has 4 rings (SSSR count). The Morgan fingerprint density at radius 3 is 2.21 bits per heavy atom. The van der Waals surface area contributed by atoms with E-state index in [4.69, 9.17) is 4.42 Å². The van der Waals surface area contributed by atoms with Gasteiger partial charge in [-0.05, 0) is 18.8 Å². The Morgan fingerprint density at radius 2 is 1.64 bits per heavy atom. The maximum absolute atomic E-state index is 14.1. The van der Waals surface area contributed by atoms with E-state index in [9.17, 15) is 30.4 Å². The Morgan fingerprint density at radius 1 is 1.04 bits per heavy atom. The lowest BCUT2D eigenvalue weighted by molar-refractivity contribution is 0.293. The summed E-state index contributed by atoms with van der Waals surface area (Å²) in [5.74, 6) is -11.6. The summed E-state index contributed by atoms with van der Waals surface area (Å²) in [6.07, 6.45) is 1.86. The molecular formula is C16H14F5N3O3S. The van der Waals surface area contributed by atoms with E-state index in [0.29, 0.717) is 12.8 Å². The minimum absolute atomic E-state index is 0.150. The van der Waals surface area contributed by atoms with Crippen molar-refractivity contribution in [3.8, 4) is 0 Å². The number of nitrogens with zero attached hydrogens (tertiary/aromatic N) is 3. The lowest BCUT2D eigenvalue weighted by Crippen LogP contribution is -2.36. The molecule has 1 aromatic heterocycles. The highest BCUT2D eigenvalue weighted by Crippen LogP contribution is 2.51. The molecule has 28 heavy (non-hydrogen) atoms. The number of hydrogen-bond acceptors (Lipinski definition) is 5. The van der Waals surface area contributed by atoms with Crippen molar-refractivity contribution in [1.82, 2.24) is 14.5 Å². The summed E-state index contributed by atoms with van der Waals surface area (Å²) in [6.45, 7) is 1.17. The monoisotopic (exact) mass is 423 g/mol. The van der Waals surface area contributed by atoms with Crippen molar-refractivity contribution in [3.63, 3.8) is 0 Å². The molecule has 12 heteroatoms. The number of benzene rings is 1. The molecule has 152 valence electrons. The first kappa shape index (κ1) is 19.2. The Bertz CT molecular complexity index is 1040. The quantitative estimate of drug-likeness (QED) is 0.431. The smallest absolute Gasteiger partial charge is 0.249 e. The number of hydrogen-bond donors (Lipinski definition) is 0. The Hall–Kier alpha value is -2.08. The third-order valence-electron chi connectivity index (χ3n) is 5.56. The van der Waals surface area contributed by atoms with Crippen molar-refractivity contribution in [1.29, 1.82) is 0 Å². The van der Waals surface area contributed by atoms with Gasteiger partial charge in [0.1, 0.15) is 0 Å². The molecule has 0 N–H and O–H groups in total.